The van der Waals surface area contributed by atoms with Crippen LogP contribution in [0, 0.1) is 5.82 Å². The molecule has 0 bridgehead atoms. The summed E-state index contributed by atoms with van der Waals surface area (Å²) in [6, 6.07) is 19.0. The third kappa shape index (κ3) is 3.84. The molecule has 2 N–H and O–H groups in total. The molecule has 0 amide bonds. The number of rotatable bonds is 5. The number of ketones is 1. The summed E-state index contributed by atoms with van der Waals surface area (Å²) in [5.41, 5.74) is 2.92. The number of aromatic carboxylic acids is 1. The van der Waals surface area contributed by atoms with Gasteiger partial charge in [0.05, 0.1) is 30.8 Å². The summed E-state index contributed by atoms with van der Waals surface area (Å²) < 4.78 is 22.5. The smallest absolute Gasteiger partial charge is 0.352 e. The number of nitrogens with one attached hydrogen (secondary N) is 1. The number of methoxy groups -OCH3 is 1. The van der Waals surface area contributed by atoms with Crippen LogP contribution < -0.4 is 10.1 Å². The van der Waals surface area contributed by atoms with E-state index in [1.54, 1.807) is 34.9 Å². The number of hydrogen-bond donors (Lipinski definition) is 2. The van der Waals surface area contributed by atoms with E-state index in [0.717, 1.165) is 11.3 Å². The molecule has 35 heavy (non-hydrogen) atoms. The summed E-state index contributed by atoms with van der Waals surface area (Å²) in [6.45, 7) is 0.485. The van der Waals surface area contributed by atoms with E-state index in [0.29, 0.717) is 11.3 Å². The highest BCUT2D eigenvalue weighted by atomic mass is 35.5. The normalized spacial score (nSPS) is 12.2. The average Bonchev–Trinajstić information content (AvgIpc) is 3.10. The van der Waals surface area contributed by atoms with Gasteiger partial charge in [0.25, 0.3) is 0 Å². The Balaban J connectivity index is 1.65. The van der Waals surface area contributed by atoms with E-state index in [9.17, 15) is 14.7 Å². The van der Waals surface area contributed by atoms with Gasteiger partial charge in [-0.3, -0.25) is 4.79 Å². The number of para-hydroxylation sites is 1. The number of carboxylic acid groups (broad SMARTS) is 1. The maximum absolute atomic E-state index is 15.6. The summed E-state index contributed by atoms with van der Waals surface area (Å²) in [5, 5.41) is 13.2. The molecule has 0 atom stereocenters. The predicted octanol–water partition coefficient (Wildman–Crippen LogP) is 5.86. The maximum Gasteiger partial charge on any atom is 0.352 e. The molecule has 0 radical (unpaired) electrons. The van der Waals surface area contributed by atoms with Crippen molar-refractivity contribution in [2.45, 2.75) is 13.1 Å². The summed E-state index contributed by atoms with van der Waals surface area (Å²) in [5.74, 6) is -2.75. The number of aromatic nitrogens is 1. The van der Waals surface area contributed by atoms with Gasteiger partial charge < -0.3 is 19.7 Å². The highest BCUT2D eigenvalue weighted by Gasteiger charge is 2.30. The minimum absolute atomic E-state index is 0.0340. The Kier molecular flexibility index (Phi) is 5.78. The van der Waals surface area contributed by atoms with Crippen molar-refractivity contribution in [3.63, 3.8) is 0 Å². The Bertz CT molecular complexity index is 1480. The van der Waals surface area contributed by atoms with Crippen LogP contribution in [0.15, 0.2) is 66.7 Å². The van der Waals surface area contributed by atoms with Gasteiger partial charge in [-0.1, -0.05) is 60.1 Å². The van der Waals surface area contributed by atoms with Crippen LogP contribution in [0.5, 0.6) is 5.75 Å². The molecular formula is C27H20ClFN2O4. The first-order valence-electron chi connectivity index (χ1n) is 10.8. The van der Waals surface area contributed by atoms with Crippen LogP contribution in [0.1, 0.15) is 37.7 Å². The second-order valence-corrected chi connectivity index (χ2v) is 8.52. The van der Waals surface area contributed by atoms with Crippen molar-refractivity contribution in [2.24, 2.45) is 0 Å². The van der Waals surface area contributed by atoms with Gasteiger partial charge in [0.15, 0.2) is 17.3 Å². The van der Waals surface area contributed by atoms with Crippen LogP contribution in [0.4, 0.5) is 10.1 Å². The van der Waals surface area contributed by atoms with Gasteiger partial charge in [0.2, 0.25) is 0 Å². The highest BCUT2D eigenvalue weighted by Crippen LogP contribution is 2.40. The first-order valence-corrected chi connectivity index (χ1v) is 11.2. The fraction of sp³-hybridized carbons (Fsp3) is 0.111. The Labute approximate surface area is 205 Å². The number of carbonyl (C=O) groups excluding carboxylic acids is 1. The van der Waals surface area contributed by atoms with Crippen LogP contribution in [0.3, 0.4) is 0 Å². The Hall–Kier alpha value is -4.10. The first kappa shape index (κ1) is 22.7. The SMILES string of the molecule is COc1c(C(=O)c2cc(C(=O)O)n3c2CNc2ccccc2C3)cc(Cl)c(-c2ccccc2)c1F. The number of hydrogen-bond acceptors (Lipinski definition) is 4. The number of benzene rings is 3. The van der Waals surface area contributed by atoms with E-state index in [-0.39, 0.29) is 46.2 Å². The molecule has 0 saturated heterocycles. The van der Waals surface area contributed by atoms with E-state index >= 15 is 4.39 Å². The van der Waals surface area contributed by atoms with Crippen molar-refractivity contribution in [1.29, 1.82) is 0 Å². The van der Waals surface area contributed by atoms with Gasteiger partial charge in [-0.05, 0) is 29.3 Å². The van der Waals surface area contributed by atoms with E-state index in [1.807, 2.05) is 24.3 Å². The van der Waals surface area contributed by atoms with Crippen molar-refractivity contribution in [3.8, 4) is 16.9 Å². The number of carbonyl (C=O) groups is 2. The van der Waals surface area contributed by atoms with Gasteiger partial charge in [-0.15, -0.1) is 0 Å². The fourth-order valence-electron chi connectivity index (χ4n) is 4.50. The topological polar surface area (TPSA) is 80.6 Å². The number of nitrogens with zero attached hydrogens (tertiary/aromatic N) is 1. The molecule has 0 spiro atoms. The molecule has 3 aromatic carbocycles. The zero-order valence-corrected chi connectivity index (χ0v) is 19.4. The monoisotopic (exact) mass is 490 g/mol. The average molecular weight is 491 g/mol. The molecule has 2 heterocycles. The lowest BCUT2D eigenvalue weighted by Gasteiger charge is -2.15. The van der Waals surface area contributed by atoms with Crippen LogP contribution >= 0.6 is 11.6 Å². The van der Waals surface area contributed by atoms with E-state index < -0.39 is 17.6 Å². The predicted molar refractivity (Wildman–Crippen MR) is 131 cm³/mol. The van der Waals surface area contributed by atoms with Crippen molar-refractivity contribution < 1.29 is 23.8 Å². The van der Waals surface area contributed by atoms with Crippen molar-refractivity contribution in [3.05, 3.63) is 106 Å². The molecule has 0 saturated carbocycles. The third-order valence-corrected chi connectivity index (χ3v) is 6.45. The summed E-state index contributed by atoms with van der Waals surface area (Å²) >= 11 is 6.46. The molecule has 176 valence electrons. The van der Waals surface area contributed by atoms with Gasteiger partial charge in [0, 0.05) is 22.5 Å². The van der Waals surface area contributed by atoms with E-state index in [1.165, 1.54) is 19.2 Å². The van der Waals surface area contributed by atoms with Crippen molar-refractivity contribution in [2.75, 3.05) is 12.4 Å². The lowest BCUT2D eigenvalue weighted by atomic mass is 9.97. The van der Waals surface area contributed by atoms with E-state index in [2.05, 4.69) is 5.32 Å². The lowest BCUT2D eigenvalue weighted by Crippen LogP contribution is -2.13. The van der Waals surface area contributed by atoms with Crippen molar-refractivity contribution >= 4 is 29.0 Å². The number of fused-ring (bicyclic) bond motifs is 2. The summed E-state index contributed by atoms with van der Waals surface area (Å²) in [4.78, 5) is 25.8. The maximum atomic E-state index is 15.6. The van der Waals surface area contributed by atoms with Crippen LogP contribution in [0.25, 0.3) is 11.1 Å². The van der Waals surface area contributed by atoms with Gasteiger partial charge in [-0.2, -0.15) is 0 Å². The van der Waals surface area contributed by atoms with Crippen LogP contribution in [-0.4, -0.2) is 28.5 Å². The number of carboxylic acids is 1. The van der Waals surface area contributed by atoms with E-state index in [4.69, 9.17) is 16.3 Å². The fourth-order valence-corrected chi connectivity index (χ4v) is 4.80. The largest absolute Gasteiger partial charge is 0.493 e. The minimum atomic E-state index is -1.17. The van der Waals surface area contributed by atoms with Crippen LogP contribution in [0.2, 0.25) is 5.02 Å². The number of anilines is 1. The molecule has 6 nitrogen and oxygen atoms in total. The molecule has 1 aliphatic heterocycles. The zero-order valence-electron chi connectivity index (χ0n) is 18.6. The molecular weight excluding hydrogens is 471 g/mol. The third-order valence-electron chi connectivity index (χ3n) is 6.15. The standard InChI is InChI=1S/C27H20ClFN2O4/c1-35-26-18(11-19(28)23(24(26)29)15-7-3-2-4-8-15)25(32)17-12-21(27(33)34)31-14-16-9-5-6-10-20(16)30-13-22(17)31/h2-12,30H,13-14H2,1H3,(H,33,34). The second kappa shape index (κ2) is 8.92. The van der Waals surface area contributed by atoms with Crippen LogP contribution in [-0.2, 0) is 13.1 Å². The highest BCUT2D eigenvalue weighted by molar-refractivity contribution is 6.34. The molecule has 0 fully saturated rings. The van der Waals surface area contributed by atoms with Gasteiger partial charge >= 0.3 is 5.97 Å². The molecule has 1 aliphatic rings. The Morgan fingerprint density at radius 1 is 1.06 bits per heavy atom. The molecule has 0 unspecified atom stereocenters. The first-order chi connectivity index (χ1) is 16.9. The second-order valence-electron chi connectivity index (χ2n) is 8.12. The molecule has 0 aliphatic carbocycles. The Morgan fingerprint density at radius 2 is 1.77 bits per heavy atom. The number of halogens is 2. The lowest BCUT2D eigenvalue weighted by molar-refractivity contribution is 0.0685. The van der Waals surface area contributed by atoms with Gasteiger partial charge in [0.1, 0.15) is 5.69 Å². The molecule has 4 aromatic rings. The Morgan fingerprint density at radius 3 is 2.49 bits per heavy atom. The summed E-state index contributed by atoms with van der Waals surface area (Å²) in [6.07, 6.45) is 0. The van der Waals surface area contributed by atoms with Gasteiger partial charge in [-0.25, -0.2) is 9.18 Å². The minimum Gasteiger partial charge on any atom is -0.493 e. The quantitative estimate of drug-likeness (QED) is 0.342. The summed E-state index contributed by atoms with van der Waals surface area (Å²) in [7, 11) is 1.28. The zero-order chi connectivity index (χ0) is 24.7. The van der Waals surface area contributed by atoms with Crippen molar-refractivity contribution in [1.82, 2.24) is 4.57 Å². The molecule has 5 rings (SSSR count). The number of ether oxygens (including phenoxy) is 1. The molecule has 8 heteroatoms. The molecule has 1 aromatic heterocycles.